The van der Waals surface area contributed by atoms with E-state index in [1.165, 1.54) is 13.2 Å². The molecule has 0 radical (unpaired) electrons. The number of benzene rings is 3. The maximum Gasteiger partial charge on any atom is 0.328 e. The van der Waals surface area contributed by atoms with Crippen molar-refractivity contribution in [1.29, 1.82) is 0 Å². The van der Waals surface area contributed by atoms with Gasteiger partial charge in [-0.3, -0.25) is 24.6 Å². The van der Waals surface area contributed by atoms with E-state index in [-0.39, 0.29) is 36.8 Å². The van der Waals surface area contributed by atoms with E-state index < -0.39 is 64.7 Å². The molecule has 12 nitrogen and oxygen atoms in total. The van der Waals surface area contributed by atoms with Crippen LogP contribution in [0.15, 0.2) is 78.4 Å². The van der Waals surface area contributed by atoms with Gasteiger partial charge in [0.1, 0.15) is 18.1 Å². The Morgan fingerprint density at radius 2 is 1.74 bits per heavy atom. The zero-order chi connectivity index (χ0) is 35.5. The number of nitrogens with two attached hydrogens (primary N) is 1. The minimum atomic E-state index is -1.61. The minimum Gasteiger partial charge on any atom is -0.497 e. The van der Waals surface area contributed by atoms with Crippen LogP contribution in [0.2, 0.25) is 10.0 Å². The smallest absolute Gasteiger partial charge is 0.328 e. The number of rotatable bonds is 8. The number of carbonyl (C=O) groups excluding carboxylic acids is 5. The first-order chi connectivity index (χ1) is 24.0. The molecule has 3 fully saturated rings. The third-order valence-electron chi connectivity index (χ3n) is 10.4. The van der Waals surface area contributed by atoms with Gasteiger partial charge < -0.3 is 20.3 Å². The number of carbonyl (C=O) groups is 5. The van der Waals surface area contributed by atoms with Crippen molar-refractivity contribution in [2.45, 2.75) is 24.2 Å². The van der Waals surface area contributed by atoms with E-state index >= 15 is 4.79 Å². The number of anilines is 1. The molecule has 258 valence electrons. The van der Waals surface area contributed by atoms with E-state index in [0.717, 1.165) is 5.01 Å². The number of halogens is 2. The molecule has 6 atom stereocenters. The first kappa shape index (κ1) is 33.6. The zero-order valence-electron chi connectivity index (χ0n) is 26.7. The van der Waals surface area contributed by atoms with Crippen LogP contribution in [0.5, 0.6) is 11.5 Å². The van der Waals surface area contributed by atoms with Crippen molar-refractivity contribution < 1.29 is 38.6 Å². The fraction of sp³-hybridized carbons (Fsp3) is 0.306. The summed E-state index contributed by atoms with van der Waals surface area (Å²) in [6.07, 6.45) is 1.95. The lowest BCUT2D eigenvalue weighted by atomic mass is 9.49. The average Bonchev–Trinajstić information content (AvgIpc) is 3.49. The molecule has 0 bridgehead atoms. The molecule has 4 N–H and O–H groups in total. The van der Waals surface area contributed by atoms with E-state index in [1.54, 1.807) is 60.7 Å². The van der Waals surface area contributed by atoms with Crippen LogP contribution in [-0.4, -0.2) is 65.0 Å². The Bertz CT molecular complexity index is 1970. The molecule has 14 heteroatoms. The second kappa shape index (κ2) is 12.8. The van der Waals surface area contributed by atoms with Gasteiger partial charge in [-0.15, -0.1) is 0 Å². The number of likely N-dealkylation sites (tertiary alicyclic amines) is 1. The topological polar surface area (TPSA) is 169 Å². The molecule has 7 rings (SSSR count). The van der Waals surface area contributed by atoms with Crippen molar-refractivity contribution in [2.75, 3.05) is 25.7 Å². The second-order valence-electron chi connectivity index (χ2n) is 12.7. The number of nitrogens with zero attached hydrogens (tertiary/aromatic N) is 2. The van der Waals surface area contributed by atoms with Crippen molar-refractivity contribution in [3.8, 4) is 11.5 Å². The van der Waals surface area contributed by atoms with Gasteiger partial charge in [-0.2, -0.15) is 9.91 Å². The Labute approximate surface area is 296 Å². The molecule has 0 aromatic heterocycles. The fourth-order valence-corrected chi connectivity index (χ4v) is 8.86. The largest absolute Gasteiger partial charge is 0.497 e. The van der Waals surface area contributed by atoms with E-state index in [0.29, 0.717) is 38.1 Å². The molecule has 4 aliphatic rings. The lowest BCUT2D eigenvalue weighted by Gasteiger charge is -2.50. The van der Waals surface area contributed by atoms with Gasteiger partial charge in [-0.05, 0) is 60.7 Å². The maximum absolute atomic E-state index is 15.3. The standard InChI is InChI=1S/C36H32Cl2N4O8/c1-49-20-9-6-18(7-10-20)36-25(32(45)42(34(36)47)40-27-13-8-19(37)16-26(27)38)17-24-21(30(36)22-4-2-3-5-28(22)50-15-14-43)11-12-23-29(24)33(46)41(31(23)44)35(39)48/h2-11,13,16,23-25,29-30,40,43H,12,14-15,17H2,1H3,(H2,39,48). The summed E-state index contributed by atoms with van der Waals surface area (Å²) >= 11 is 12.6. The van der Waals surface area contributed by atoms with Gasteiger partial charge in [0.2, 0.25) is 11.8 Å². The molecule has 2 saturated heterocycles. The third-order valence-corrected chi connectivity index (χ3v) is 10.9. The molecule has 6 unspecified atom stereocenters. The fourth-order valence-electron chi connectivity index (χ4n) is 8.41. The summed E-state index contributed by atoms with van der Waals surface area (Å²) in [5, 5.41) is 11.2. The summed E-state index contributed by atoms with van der Waals surface area (Å²) in [6, 6.07) is 17.4. The van der Waals surface area contributed by atoms with E-state index in [1.807, 2.05) is 6.08 Å². The first-order valence-electron chi connectivity index (χ1n) is 16.0. The van der Waals surface area contributed by atoms with E-state index in [4.69, 9.17) is 38.4 Å². The molecule has 2 aliphatic carbocycles. The number of urea groups is 1. The van der Waals surface area contributed by atoms with Gasteiger partial charge in [0, 0.05) is 16.5 Å². The number of aliphatic hydroxyl groups excluding tert-OH is 1. The number of hydrogen-bond donors (Lipinski definition) is 3. The summed E-state index contributed by atoms with van der Waals surface area (Å²) in [6.45, 7) is -0.330. The number of allylic oxidation sites excluding steroid dienone is 2. The minimum absolute atomic E-state index is 0.00207. The molecule has 0 spiro atoms. The molecule has 2 aliphatic heterocycles. The second-order valence-corrected chi connectivity index (χ2v) is 13.5. The monoisotopic (exact) mass is 718 g/mol. The number of amides is 6. The van der Waals surface area contributed by atoms with Gasteiger partial charge in [-0.25, -0.2) is 4.79 Å². The van der Waals surface area contributed by atoms with Crippen LogP contribution in [0.25, 0.3) is 0 Å². The number of hydrazine groups is 1. The van der Waals surface area contributed by atoms with Crippen LogP contribution in [0.1, 0.15) is 29.9 Å². The summed E-state index contributed by atoms with van der Waals surface area (Å²) in [5.74, 6) is -6.27. The van der Waals surface area contributed by atoms with Gasteiger partial charge in [0.15, 0.2) is 0 Å². The van der Waals surface area contributed by atoms with Gasteiger partial charge in [-0.1, -0.05) is 65.2 Å². The molecule has 50 heavy (non-hydrogen) atoms. The molecule has 3 aromatic rings. The van der Waals surface area contributed by atoms with Crippen molar-refractivity contribution in [3.05, 3.63) is 99.6 Å². The Balaban J connectivity index is 1.48. The molecular weight excluding hydrogens is 687 g/mol. The van der Waals surface area contributed by atoms with Crippen molar-refractivity contribution in [2.24, 2.45) is 29.4 Å². The van der Waals surface area contributed by atoms with Crippen molar-refractivity contribution in [3.63, 3.8) is 0 Å². The highest BCUT2D eigenvalue weighted by Crippen LogP contribution is 2.65. The van der Waals surface area contributed by atoms with Crippen LogP contribution in [0.4, 0.5) is 10.5 Å². The number of primary amides is 1. The lowest BCUT2D eigenvalue weighted by Crippen LogP contribution is -2.53. The Hall–Kier alpha value is -4.91. The number of aliphatic hydroxyl groups is 1. The highest BCUT2D eigenvalue weighted by molar-refractivity contribution is 6.36. The zero-order valence-corrected chi connectivity index (χ0v) is 28.2. The van der Waals surface area contributed by atoms with Crippen LogP contribution in [0, 0.1) is 23.7 Å². The van der Waals surface area contributed by atoms with Crippen LogP contribution in [0.3, 0.4) is 0 Å². The maximum atomic E-state index is 15.3. The molecule has 6 amide bonds. The predicted octanol–water partition coefficient (Wildman–Crippen LogP) is 4.44. The molecular formula is C36H32Cl2N4O8. The molecule has 2 heterocycles. The molecule has 3 aromatic carbocycles. The number of nitrogens with one attached hydrogen (secondary N) is 1. The first-order valence-corrected chi connectivity index (χ1v) is 16.7. The predicted molar refractivity (Wildman–Crippen MR) is 181 cm³/mol. The number of para-hydroxylation sites is 1. The van der Waals surface area contributed by atoms with Gasteiger partial charge in [0.25, 0.3) is 11.8 Å². The summed E-state index contributed by atoms with van der Waals surface area (Å²) in [5.41, 5.74) is 8.77. The van der Waals surface area contributed by atoms with E-state index in [2.05, 4.69) is 5.43 Å². The van der Waals surface area contributed by atoms with Crippen molar-refractivity contribution in [1.82, 2.24) is 9.91 Å². The van der Waals surface area contributed by atoms with Crippen LogP contribution >= 0.6 is 23.2 Å². The Morgan fingerprint density at radius 3 is 2.42 bits per heavy atom. The third kappa shape index (κ3) is 4.96. The quantitative estimate of drug-likeness (QED) is 0.225. The highest BCUT2D eigenvalue weighted by Gasteiger charge is 2.71. The Morgan fingerprint density at radius 1 is 1.00 bits per heavy atom. The number of fused-ring (bicyclic) bond motifs is 4. The highest BCUT2D eigenvalue weighted by atomic mass is 35.5. The van der Waals surface area contributed by atoms with E-state index in [9.17, 15) is 24.3 Å². The number of methoxy groups -OCH3 is 1. The number of hydrogen-bond acceptors (Lipinski definition) is 9. The normalized spacial score (nSPS) is 27.0. The number of imide groups is 4. The summed E-state index contributed by atoms with van der Waals surface area (Å²) < 4.78 is 11.5. The summed E-state index contributed by atoms with van der Waals surface area (Å²) in [4.78, 5) is 70.1. The molecule has 1 saturated carbocycles. The lowest BCUT2D eigenvalue weighted by molar-refractivity contribution is -0.139. The van der Waals surface area contributed by atoms with Gasteiger partial charge in [0.05, 0.1) is 47.6 Å². The Kier molecular flexibility index (Phi) is 8.57. The van der Waals surface area contributed by atoms with Crippen LogP contribution in [-0.2, 0) is 24.6 Å². The average molecular weight is 720 g/mol. The number of ether oxygens (including phenoxy) is 2. The SMILES string of the molecule is COc1ccc(C23C(=O)N(Nc4ccc(Cl)cc4Cl)C(=O)C2CC2C(=CCC4C(=O)N(C(N)=O)C(=O)C42)C3c2ccccc2OCCO)cc1. The summed E-state index contributed by atoms with van der Waals surface area (Å²) in [7, 11) is 1.52. The van der Waals surface area contributed by atoms with Crippen LogP contribution < -0.4 is 20.6 Å². The van der Waals surface area contributed by atoms with Crippen molar-refractivity contribution >= 4 is 58.5 Å². The van der Waals surface area contributed by atoms with Gasteiger partial charge >= 0.3 is 6.03 Å².